The number of benzene rings is 1. The van der Waals surface area contributed by atoms with E-state index in [0.29, 0.717) is 6.42 Å². The second kappa shape index (κ2) is 6.98. The van der Waals surface area contributed by atoms with Gasteiger partial charge in [0, 0.05) is 21.3 Å². The van der Waals surface area contributed by atoms with Crippen molar-refractivity contribution < 1.29 is 13.2 Å². The zero-order valence-corrected chi connectivity index (χ0v) is 13.0. The molecule has 1 N–H and O–H groups in total. The van der Waals surface area contributed by atoms with E-state index in [4.69, 9.17) is 28.7 Å². The summed E-state index contributed by atoms with van der Waals surface area (Å²) < 4.78 is 22.6. The van der Waals surface area contributed by atoms with E-state index >= 15 is 0 Å². The van der Waals surface area contributed by atoms with Gasteiger partial charge in [-0.05, 0) is 24.6 Å². The van der Waals surface area contributed by atoms with E-state index in [1.807, 2.05) is 6.92 Å². The summed E-state index contributed by atoms with van der Waals surface area (Å²) in [5.74, 6) is 1.96. The van der Waals surface area contributed by atoms with E-state index in [1.165, 1.54) is 12.1 Å². The average Bonchev–Trinajstić information content (AvgIpc) is 2.36. The minimum Gasteiger partial charge on any atom is -0.338 e. The summed E-state index contributed by atoms with van der Waals surface area (Å²) in [6, 6.07) is 3.26. The lowest BCUT2D eigenvalue weighted by molar-refractivity contribution is 0.0944. The van der Waals surface area contributed by atoms with Crippen molar-refractivity contribution in [2.24, 2.45) is 0 Å². The molecule has 108 valence electrons. The number of halogens is 2. The second-order valence-electron chi connectivity index (χ2n) is 4.09. The highest BCUT2D eigenvalue weighted by Gasteiger charge is 2.17. The van der Waals surface area contributed by atoms with Gasteiger partial charge in [-0.1, -0.05) is 30.9 Å². The number of amides is 1. The van der Waals surface area contributed by atoms with Gasteiger partial charge in [0.25, 0.3) is 15.0 Å². The van der Waals surface area contributed by atoms with Crippen molar-refractivity contribution in [1.82, 2.24) is 5.32 Å². The van der Waals surface area contributed by atoms with Crippen LogP contribution in [0, 0.1) is 12.3 Å². The molecule has 0 saturated heterocycles. The minimum absolute atomic E-state index is 0.0908. The van der Waals surface area contributed by atoms with Crippen LogP contribution in [0.3, 0.4) is 0 Å². The normalized spacial score (nSPS) is 12.5. The van der Waals surface area contributed by atoms with Crippen LogP contribution in [0.2, 0.25) is 5.02 Å². The smallest absolute Gasteiger partial charge is 0.261 e. The molecule has 0 aromatic heterocycles. The molecule has 1 amide bonds. The molecule has 1 aromatic rings. The summed E-state index contributed by atoms with van der Waals surface area (Å²) in [6.07, 6.45) is 6.75. The maximum absolute atomic E-state index is 12.0. The van der Waals surface area contributed by atoms with Crippen LogP contribution in [0.4, 0.5) is 0 Å². The van der Waals surface area contributed by atoms with E-state index in [1.54, 1.807) is 0 Å². The number of carbonyl (C=O) groups is 1. The van der Waals surface area contributed by atoms with Crippen molar-refractivity contribution in [3.63, 3.8) is 0 Å². The topological polar surface area (TPSA) is 63.2 Å². The summed E-state index contributed by atoms with van der Waals surface area (Å²) in [5.41, 5.74) is 0.0908. The van der Waals surface area contributed by atoms with E-state index in [2.05, 4.69) is 11.2 Å². The highest BCUT2D eigenvalue weighted by Crippen LogP contribution is 2.22. The van der Waals surface area contributed by atoms with Crippen LogP contribution >= 0.6 is 22.3 Å². The molecule has 7 heteroatoms. The first-order chi connectivity index (χ1) is 9.27. The monoisotopic (exact) mass is 333 g/mol. The number of carbonyl (C=O) groups excluding carboxylic acids is 1. The van der Waals surface area contributed by atoms with Gasteiger partial charge in [-0.3, -0.25) is 4.79 Å². The van der Waals surface area contributed by atoms with E-state index in [0.717, 1.165) is 12.5 Å². The van der Waals surface area contributed by atoms with Gasteiger partial charge in [-0.2, -0.15) is 0 Å². The maximum atomic E-state index is 12.0. The molecular formula is C13H13Cl2NO3S. The van der Waals surface area contributed by atoms with Gasteiger partial charge >= 0.3 is 0 Å². The highest BCUT2D eigenvalue weighted by atomic mass is 35.7. The third kappa shape index (κ3) is 4.71. The number of rotatable bonds is 5. The molecule has 1 aromatic carbocycles. The van der Waals surface area contributed by atoms with Crippen molar-refractivity contribution in [2.75, 3.05) is 0 Å². The van der Waals surface area contributed by atoms with E-state index < -0.39 is 21.0 Å². The lowest BCUT2D eigenvalue weighted by Gasteiger charge is -2.12. The van der Waals surface area contributed by atoms with E-state index in [9.17, 15) is 13.2 Å². The van der Waals surface area contributed by atoms with Crippen LogP contribution in [0.15, 0.2) is 23.1 Å². The summed E-state index contributed by atoms with van der Waals surface area (Å²) in [6.45, 7) is 1.94. The summed E-state index contributed by atoms with van der Waals surface area (Å²) >= 11 is 5.79. The highest BCUT2D eigenvalue weighted by molar-refractivity contribution is 8.13. The van der Waals surface area contributed by atoms with Crippen molar-refractivity contribution in [1.29, 1.82) is 0 Å². The summed E-state index contributed by atoms with van der Waals surface area (Å²) in [5, 5.41) is 2.72. The Morgan fingerprint density at radius 2 is 2.10 bits per heavy atom. The Bertz CT molecular complexity index is 650. The largest absolute Gasteiger partial charge is 0.338 e. The Balaban J connectivity index is 3.05. The third-order valence-electron chi connectivity index (χ3n) is 2.50. The summed E-state index contributed by atoms with van der Waals surface area (Å²) in [4.78, 5) is 11.8. The fourth-order valence-corrected chi connectivity index (χ4v) is 2.66. The predicted octanol–water partition coefficient (Wildman–Crippen LogP) is 2.80. The lowest BCUT2D eigenvalue weighted by atomic mass is 10.1. The molecule has 4 nitrogen and oxygen atoms in total. The van der Waals surface area contributed by atoms with Crippen LogP contribution in [0.5, 0.6) is 0 Å². The average molecular weight is 334 g/mol. The molecule has 0 aliphatic rings. The summed E-state index contributed by atoms with van der Waals surface area (Å²) in [7, 11) is 1.28. The maximum Gasteiger partial charge on any atom is 0.261 e. The zero-order valence-electron chi connectivity index (χ0n) is 10.7. The Labute approximate surface area is 127 Å². The van der Waals surface area contributed by atoms with Crippen LogP contribution in [0.1, 0.15) is 30.1 Å². The molecule has 0 aliphatic carbocycles. The minimum atomic E-state index is -3.96. The zero-order chi connectivity index (χ0) is 15.3. The first-order valence-electron chi connectivity index (χ1n) is 5.80. The lowest BCUT2D eigenvalue weighted by Crippen LogP contribution is -2.33. The predicted molar refractivity (Wildman–Crippen MR) is 79.5 cm³/mol. The van der Waals surface area contributed by atoms with Crippen molar-refractivity contribution in [3.05, 3.63) is 28.8 Å². The molecule has 0 bridgehead atoms. The van der Waals surface area contributed by atoms with Crippen LogP contribution in [0.25, 0.3) is 0 Å². The fraction of sp³-hybridized carbons (Fsp3) is 0.308. The quantitative estimate of drug-likeness (QED) is 0.665. The molecule has 1 unspecified atom stereocenters. The molecule has 0 fully saturated rings. The van der Waals surface area contributed by atoms with Crippen molar-refractivity contribution in [2.45, 2.75) is 30.7 Å². The van der Waals surface area contributed by atoms with Crippen LogP contribution in [-0.4, -0.2) is 20.4 Å². The van der Waals surface area contributed by atoms with Crippen molar-refractivity contribution in [3.8, 4) is 12.3 Å². The Morgan fingerprint density at radius 1 is 1.45 bits per heavy atom. The molecule has 0 saturated carbocycles. The van der Waals surface area contributed by atoms with Crippen molar-refractivity contribution >= 4 is 37.2 Å². The SMILES string of the molecule is C#CC(CCC)NC(=O)c1cc(Cl)cc(S(=O)(=O)Cl)c1. The number of nitrogens with one attached hydrogen (secondary N) is 1. The Morgan fingerprint density at radius 3 is 2.60 bits per heavy atom. The van der Waals surface area contributed by atoms with E-state index in [-0.39, 0.29) is 15.5 Å². The number of hydrogen-bond donors (Lipinski definition) is 1. The standard InChI is InChI=1S/C13H13Cl2NO3S/c1-3-5-11(4-2)16-13(17)9-6-10(14)8-12(7-9)20(15,18)19/h2,6-8,11H,3,5H2,1H3,(H,16,17). The molecule has 1 atom stereocenters. The van der Waals surface area contributed by atoms with Crippen LogP contribution < -0.4 is 5.32 Å². The molecule has 1 rings (SSSR count). The van der Waals surface area contributed by atoms with Gasteiger partial charge in [-0.25, -0.2) is 8.42 Å². The van der Waals surface area contributed by atoms with Gasteiger partial charge < -0.3 is 5.32 Å². The van der Waals surface area contributed by atoms with Gasteiger partial charge in [-0.15, -0.1) is 6.42 Å². The number of terminal acetylenes is 1. The van der Waals surface area contributed by atoms with Crippen LogP contribution in [-0.2, 0) is 9.05 Å². The van der Waals surface area contributed by atoms with Gasteiger partial charge in [0.15, 0.2) is 0 Å². The Kier molecular flexibility index (Phi) is 5.88. The third-order valence-corrected chi connectivity index (χ3v) is 4.05. The molecule has 0 heterocycles. The molecule has 0 spiro atoms. The Hall–Kier alpha value is -1.22. The van der Waals surface area contributed by atoms with Gasteiger partial charge in [0.05, 0.1) is 10.9 Å². The molecule has 0 radical (unpaired) electrons. The second-order valence-corrected chi connectivity index (χ2v) is 7.10. The fourth-order valence-electron chi connectivity index (χ4n) is 1.56. The molecule has 20 heavy (non-hydrogen) atoms. The number of hydrogen-bond acceptors (Lipinski definition) is 3. The molecular weight excluding hydrogens is 321 g/mol. The first kappa shape index (κ1) is 16.8. The van der Waals surface area contributed by atoms with Gasteiger partial charge in [0.2, 0.25) is 0 Å². The van der Waals surface area contributed by atoms with Gasteiger partial charge in [0.1, 0.15) is 0 Å². The molecule has 0 aliphatic heterocycles. The first-order valence-corrected chi connectivity index (χ1v) is 8.49.